The number of hydrogen-bond donors (Lipinski definition) is 2. The van der Waals surface area contributed by atoms with Gasteiger partial charge in [-0.1, -0.05) is 30.3 Å². The summed E-state index contributed by atoms with van der Waals surface area (Å²) in [6.45, 7) is 1.10. The lowest BCUT2D eigenvalue weighted by Crippen LogP contribution is -2.46. The summed E-state index contributed by atoms with van der Waals surface area (Å²) in [5, 5.41) is 4.73. The number of rotatable bonds is 7. The smallest absolute Gasteiger partial charge is 0.257 e. The molecule has 0 unspecified atom stereocenters. The molecule has 1 fully saturated rings. The highest BCUT2D eigenvalue weighted by atomic mass is 32.2. The molecule has 2 amide bonds. The first kappa shape index (κ1) is 22.0. The van der Waals surface area contributed by atoms with Crippen LogP contribution in [-0.4, -0.2) is 50.8 Å². The van der Waals surface area contributed by atoms with Gasteiger partial charge in [0.05, 0.1) is 16.7 Å². The highest BCUT2D eigenvalue weighted by Crippen LogP contribution is 2.19. The topological polar surface area (TPSA) is 109 Å². The van der Waals surface area contributed by atoms with E-state index in [1.165, 1.54) is 12.5 Å². The minimum Gasteiger partial charge on any atom is -0.472 e. The summed E-state index contributed by atoms with van der Waals surface area (Å²) in [7, 11) is -3.70. The normalized spacial score (nSPS) is 15.1. The van der Waals surface area contributed by atoms with E-state index in [1.807, 2.05) is 24.3 Å². The molecular weight excluding hydrogens is 430 g/mol. The van der Waals surface area contributed by atoms with E-state index >= 15 is 0 Å². The summed E-state index contributed by atoms with van der Waals surface area (Å²) in [5.74, 6) is -0.294. The second-order valence-corrected chi connectivity index (χ2v) is 9.57. The molecule has 3 aromatic rings. The van der Waals surface area contributed by atoms with Crippen molar-refractivity contribution in [2.45, 2.75) is 30.2 Å². The Kier molecular flexibility index (Phi) is 6.57. The molecule has 168 valence electrons. The number of carbonyl (C=O) groups excluding carboxylic acids is 2. The SMILES string of the molecule is O=C(CCNS(=O)(=O)c1ccc2ccccc2c1)NC1CCN(C(=O)c2ccoc2)CC1. The largest absolute Gasteiger partial charge is 0.472 e. The molecule has 0 radical (unpaired) electrons. The third-order valence-electron chi connectivity index (χ3n) is 5.59. The van der Waals surface area contributed by atoms with E-state index in [4.69, 9.17) is 4.42 Å². The fraction of sp³-hybridized carbons (Fsp3) is 0.304. The Morgan fingerprint density at radius 3 is 2.50 bits per heavy atom. The predicted molar refractivity (Wildman–Crippen MR) is 120 cm³/mol. The quantitative estimate of drug-likeness (QED) is 0.569. The molecule has 1 aliphatic rings. The summed E-state index contributed by atoms with van der Waals surface area (Å²) < 4.78 is 32.6. The standard InChI is InChI=1S/C23H25N3O5S/c27-22(25-20-8-12-26(13-9-20)23(28)19-10-14-31-16-19)7-11-24-32(29,30)21-6-5-17-3-1-2-4-18(17)15-21/h1-6,10,14-16,20,24H,7-9,11-13H2,(H,25,27). The van der Waals surface area contributed by atoms with Crippen LogP contribution in [0.2, 0.25) is 0 Å². The number of hydrogen-bond acceptors (Lipinski definition) is 5. The van der Waals surface area contributed by atoms with Gasteiger partial charge in [-0.2, -0.15) is 0 Å². The summed E-state index contributed by atoms with van der Waals surface area (Å²) in [6, 6.07) is 14.1. The lowest BCUT2D eigenvalue weighted by atomic mass is 10.0. The number of furan rings is 1. The van der Waals surface area contributed by atoms with Gasteiger partial charge in [0.15, 0.2) is 0 Å². The Morgan fingerprint density at radius 2 is 1.78 bits per heavy atom. The van der Waals surface area contributed by atoms with Gasteiger partial charge in [0.2, 0.25) is 15.9 Å². The first-order valence-electron chi connectivity index (χ1n) is 10.5. The Morgan fingerprint density at radius 1 is 1.03 bits per heavy atom. The lowest BCUT2D eigenvalue weighted by molar-refractivity contribution is -0.121. The molecule has 32 heavy (non-hydrogen) atoms. The van der Waals surface area contributed by atoms with Gasteiger partial charge < -0.3 is 14.6 Å². The average molecular weight is 456 g/mol. The number of amides is 2. The van der Waals surface area contributed by atoms with Crippen molar-refractivity contribution in [1.82, 2.24) is 14.9 Å². The molecule has 2 aromatic carbocycles. The third-order valence-corrected chi connectivity index (χ3v) is 7.05. The predicted octanol–water partition coefficient (Wildman–Crippen LogP) is 2.52. The summed E-state index contributed by atoms with van der Waals surface area (Å²) >= 11 is 0. The fourth-order valence-corrected chi connectivity index (χ4v) is 4.88. The van der Waals surface area contributed by atoms with Crippen LogP contribution >= 0.6 is 0 Å². The van der Waals surface area contributed by atoms with Crippen LogP contribution in [0.4, 0.5) is 0 Å². The van der Waals surface area contributed by atoms with Crippen molar-refractivity contribution in [3.8, 4) is 0 Å². The van der Waals surface area contributed by atoms with Gasteiger partial charge in [-0.15, -0.1) is 0 Å². The van der Waals surface area contributed by atoms with Crippen molar-refractivity contribution >= 4 is 32.6 Å². The summed E-state index contributed by atoms with van der Waals surface area (Å²) in [5.41, 5.74) is 0.520. The number of likely N-dealkylation sites (tertiary alicyclic amines) is 1. The van der Waals surface area contributed by atoms with Gasteiger partial charge in [0, 0.05) is 32.1 Å². The Bertz CT molecular complexity index is 1200. The van der Waals surface area contributed by atoms with Crippen molar-refractivity contribution in [2.24, 2.45) is 0 Å². The summed E-state index contributed by atoms with van der Waals surface area (Å²) in [6.07, 6.45) is 4.24. The second-order valence-electron chi connectivity index (χ2n) is 7.80. The maximum atomic E-state index is 12.6. The van der Waals surface area contributed by atoms with Crippen LogP contribution in [0.1, 0.15) is 29.6 Å². The van der Waals surface area contributed by atoms with E-state index in [-0.39, 0.29) is 35.7 Å². The molecular formula is C23H25N3O5S. The van der Waals surface area contributed by atoms with E-state index in [0.717, 1.165) is 10.8 Å². The fourth-order valence-electron chi connectivity index (χ4n) is 3.81. The van der Waals surface area contributed by atoms with Crippen LogP contribution in [0, 0.1) is 0 Å². The number of benzene rings is 2. The van der Waals surface area contributed by atoms with Crippen LogP contribution in [0.5, 0.6) is 0 Å². The number of nitrogens with zero attached hydrogens (tertiary/aromatic N) is 1. The van der Waals surface area contributed by atoms with Crippen LogP contribution < -0.4 is 10.0 Å². The molecule has 9 heteroatoms. The number of fused-ring (bicyclic) bond motifs is 1. The van der Waals surface area contributed by atoms with Crippen molar-refractivity contribution < 1.29 is 22.4 Å². The third kappa shape index (κ3) is 5.17. The van der Waals surface area contributed by atoms with Gasteiger partial charge in [-0.05, 0) is 41.8 Å². The zero-order valence-corrected chi connectivity index (χ0v) is 18.3. The minimum absolute atomic E-state index is 0.0127. The second kappa shape index (κ2) is 9.54. The molecule has 0 atom stereocenters. The Labute approximate surface area is 186 Å². The van der Waals surface area contributed by atoms with E-state index in [9.17, 15) is 18.0 Å². The van der Waals surface area contributed by atoms with Gasteiger partial charge >= 0.3 is 0 Å². The molecule has 8 nitrogen and oxygen atoms in total. The molecule has 0 saturated carbocycles. The van der Waals surface area contributed by atoms with Gasteiger partial charge in [0.1, 0.15) is 6.26 Å². The van der Waals surface area contributed by atoms with Crippen molar-refractivity contribution in [2.75, 3.05) is 19.6 Å². The number of carbonyl (C=O) groups is 2. The van der Waals surface area contributed by atoms with Gasteiger partial charge in [-0.25, -0.2) is 13.1 Å². The zero-order chi connectivity index (χ0) is 22.6. The lowest BCUT2D eigenvalue weighted by Gasteiger charge is -2.32. The molecule has 2 heterocycles. The first-order chi connectivity index (χ1) is 15.4. The van der Waals surface area contributed by atoms with Crippen LogP contribution in [0.15, 0.2) is 70.4 Å². The Balaban J connectivity index is 1.22. The van der Waals surface area contributed by atoms with Crippen molar-refractivity contribution in [3.63, 3.8) is 0 Å². The highest BCUT2D eigenvalue weighted by molar-refractivity contribution is 7.89. The van der Waals surface area contributed by atoms with Gasteiger partial charge in [-0.3, -0.25) is 9.59 Å². The molecule has 4 rings (SSSR count). The number of piperidine rings is 1. The van der Waals surface area contributed by atoms with Crippen LogP contribution in [-0.2, 0) is 14.8 Å². The summed E-state index contributed by atoms with van der Waals surface area (Å²) in [4.78, 5) is 26.5. The van der Waals surface area contributed by atoms with Crippen molar-refractivity contribution in [3.05, 3.63) is 66.6 Å². The zero-order valence-electron chi connectivity index (χ0n) is 17.5. The van der Waals surface area contributed by atoms with Crippen LogP contribution in [0.3, 0.4) is 0 Å². The molecule has 0 bridgehead atoms. The van der Waals surface area contributed by atoms with Gasteiger partial charge in [0.25, 0.3) is 5.91 Å². The van der Waals surface area contributed by atoms with Crippen molar-refractivity contribution in [1.29, 1.82) is 0 Å². The first-order valence-corrected chi connectivity index (χ1v) is 12.0. The molecule has 0 aliphatic carbocycles. The maximum Gasteiger partial charge on any atom is 0.257 e. The number of nitrogens with one attached hydrogen (secondary N) is 2. The minimum atomic E-state index is -3.70. The molecule has 1 aliphatic heterocycles. The molecule has 0 spiro atoms. The Hall–Kier alpha value is -3.17. The van der Waals surface area contributed by atoms with E-state index in [2.05, 4.69) is 10.0 Å². The van der Waals surface area contributed by atoms with E-state index in [0.29, 0.717) is 31.5 Å². The molecule has 1 saturated heterocycles. The highest BCUT2D eigenvalue weighted by Gasteiger charge is 2.25. The molecule has 2 N–H and O–H groups in total. The van der Waals surface area contributed by atoms with Crippen LogP contribution in [0.25, 0.3) is 10.8 Å². The average Bonchev–Trinajstić information content (AvgIpc) is 3.33. The van der Waals surface area contributed by atoms with E-state index in [1.54, 1.807) is 29.2 Å². The van der Waals surface area contributed by atoms with E-state index < -0.39 is 10.0 Å². The monoisotopic (exact) mass is 455 g/mol. The molecule has 1 aromatic heterocycles. The number of sulfonamides is 1. The maximum absolute atomic E-state index is 12.6.